The van der Waals surface area contributed by atoms with E-state index in [-0.39, 0.29) is 0 Å². The third-order valence-electron chi connectivity index (χ3n) is 2.53. The van der Waals surface area contributed by atoms with E-state index in [0.29, 0.717) is 17.0 Å². The maximum absolute atomic E-state index is 9.87. The third-order valence-corrected chi connectivity index (χ3v) is 3.06. The van der Waals surface area contributed by atoms with Crippen LogP contribution < -0.4 is 0 Å². The molecule has 1 heterocycles. The van der Waals surface area contributed by atoms with Crippen LogP contribution in [0, 0.1) is 6.92 Å². The highest BCUT2D eigenvalue weighted by molar-refractivity contribution is 9.10. The molecule has 0 amide bonds. The minimum Gasteiger partial charge on any atom is -0.384 e. The van der Waals surface area contributed by atoms with Crippen molar-refractivity contribution in [3.05, 3.63) is 52.7 Å². The Bertz CT molecular complexity index is 531. The van der Waals surface area contributed by atoms with Gasteiger partial charge in [-0.05, 0) is 19.1 Å². The molecular formula is C13H12BrNO2. The molecule has 0 spiro atoms. The highest BCUT2D eigenvalue weighted by Crippen LogP contribution is 2.31. The van der Waals surface area contributed by atoms with Crippen molar-refractivity contribution < 1.29 is 9.63 Å². The molecule has 0 aliphatic heterocycles. The average Bonchev–Trinajstić information content (AvgIpc) is 2.71. The molecule has 0 bridgehead atoms. The molecule has 1 N–H and O–H groups in total. The molecule has 17 heavy (non-hydrogen) atoms. The van der Waals surface area contributed by atoms with Gasteiger partial charge < -0.3 is 9.63 Å². The van der Waals surface area contributed by atoms with Gasteiger partial charge in [-0.25, -0.2) is 0 Å². The zero-order chi connectivity index (χ0) is 12.4. The molecule has 0 radical (unpaired) electrons. The van der Waals surface area contributed by atoms with Crippen molar-refractivity contribution in [2.24, 2.45) is 0 Å². The molecule has 0 saturated carbocycles. The van der Waals surface area contributed by atoms with Gasteiger partial charge in [0.25, 0.3) is 0 Å². The molecule has 0 aliphatic carbocycles. The van der Waals surface area contributed by atoms with E-state index in [1.807, 2.05) is 24.3 Å². The number of nitrogens with zero attached hydrogens (tertiary/aromatic N) is 1. The maximum atomic E-state index is 9.87. The lowest BCUT2D eigenvalue weighted by molar-refractivity contribution is 0.228. The van der Waals surface area contributed by atoms with E-state index in [0.717, 1.165) is 10.0 Å². The Morgan fingerprint density at radius 2 is 2.06 bits per heavy atom. The van der Waals surface area contributed by atoms with Crippen molar-refractivity contribution in [1.29, 1.82) is 0 Å². The lowest BCUT2D eigenvalue weighted by Crippen LogP contribution is -1.95. The van der Waals surface area contributed by atoms with Crippen LogP contribution in [-0.4, -0.2) is 10.3 Å². The van der Waals surface area contributed by atoms with Gasteiger partial charge in [-0.15, -0.1) is 6.58 Å². The summed E-state index contributed by atoms with van der Waals surface area (Å²) < 4.78 is 6.26. The maximum Gasteiger partial charge on any atom is 0.173 e. The Balaban J connectivity index is 2.52. The van der Waals surface area contributed by atoms with Crippen LogP contribution in [0.15, 0.2) is 45.9 Å². The molecule has 88 valence electrons. The summed E-state index contributed by atoms with van der Waals surface area (Å²) in [6, 6.07) is 7.64. The number of halogens is 1. The molecule has 3 nitrogen and oxygen atoms in total. The number of aliphatic hydroxyl groups excluding tert-OH is 1. The van der Waals surface area contributed by atoms with Crippen LogP contribution in [0.4, 0.5) is 0 Å². The number of benzene rings is 1. The van der Waals surface area contributed by atoms with Crippen LogP contribution in [0.5, 0.6) is 0 Å². The number of aliphatic hydroxyl groups is 1. The fourth-order valence-electron chi connectivity index (χ4n) is 1.65. The van der Waals surface area contributed by atoms with Crippen LogP contribution in [0.2, 0.25) is 0 Å². The molecule has 0 saturated heterocycles. The van der Waals surface area contributed by atoms with Gasteiger partial charge in [-0.1, -0.05) is 39.3 Å². The van der Waals surface area contributed by atoms with Crippen molar-refractivity contribution in [3.63, 3.8) is 0 Å². The second-order valence-electron chi connectivity index (χ2n) is 3.70. The molecule has 1 unspecified atom stereocenters. The van der Waals surface area contributed by atoms with Crippen LogP contribution in [0.3, 0.4) is 0 Å². The SMILES string of the molecule is C=CC(O)c1c(C)noc1-c1ccc(Br)cc1. The van der Waals surface area contributed by atoms with Crippen LogP contribution in [0.1, 0.15) is 17.4 Å². The van der Waals surface area contributed by atoms with Gasteiger partial charge in [0, 0.05) is 10.0 Å². The lowest BCUT2D eigenvalue weighted by Gasteiger charge is -2.06. The fourth-order valence-corrected chi connectivity index (χ4v) is 1.92. The molecule has 1 atom stereocenters. The van der Waals surface area contributed by atoms with Crippen molar-refractivity contribution >= 4 is 15.9 Å². The molecular weight excluding hydrogens is 282 g/mol. The number of aromatic nitrogens is 1. The molecule has 2 rings (SSSR count). The van der Waals surface area contributed by atoms with E-state index in [1.54, 1.807) is 6.92 Å². The Hall–Kier alpha value is -1.39. The molecule has 0 fully saturated rings. The van der Waals surface area contributed by atoms with Crippen molar-refractivity contribution in [2.45, 2.75) is 13.0 Å². The predicted octanol–water partition coefficient (Wildman–Crippen LogP) is 3.63. The second-order valence-corrected chi connectivity index (χ2v) is 4.61. The number of rotatable bonds is 3. The second kappa shape index (κ2) is 4.85. The molecule has 4 heteroatoms. The Morgan fingerprint density at radius 3 is 2.65 bits per heavy atom. The first-order chi connectivity index (χ1) is 8.13. The van der Waals surface area contributed by atoms with Crippen LogP contribution in [-0.2, 0) is 0 Å². The molecule has 0 aliphatic rings. The Kier molecular flexibility index (Phi) is 3.45. The minimum atomic E-state index is -0.764. The topological polar surface area (TPSA) is 46.3 Å². The number of hydrogen-bond acceptors (Lipinski definition) is 3. The first kappa shape index (κ1) is 12.1. The highest BCUT2D eigenvalue weighted by atomic mass is 79.9. The van der Waals surface area contributed by atoms with Gasteiger partial charge in [0.1, 0.15) is 6.10 Å². The van der Waals surface area contributed by atoms with Gasteiger partial charge in [0.15, 0.2) is 5.76 Å². The zero-order valence-corrected chi connectivity index (χ0v) is 10.9. The largest absolute Gasteiger partial charge is 0.384 e. The van der Waals surface area contributed by atoms with Gasteiger partial charge in [-0.2, -0.15) is 0 Å². The van der Waals surface area contributed by atoms with E-state index >= 15 is 0 Å². The molecule has 2 aromatic rings. The monoisotopic (exact) mass is 293 g/mol. The van der Waals surface area contributed by atoms with E-state index in [2.05, 4.69) is 27.7 Å². The van der Waals surface area contributed by atoms with E-state index in [1.165, 1.54) is 6.08 Å². The first-order valence-corrected chi connectivity index (χ1v) is 5.95. The lowest BCUT2D eigenvalue weighted by atomic mass is 10.0. The van der Waals surface area contributed by atoms with Crippen LogP contribution >= 0.6 is 15.9 Å². The van der Waals surface area contributed by atoms with Crippen molar-refractivity contribution in [1.82, 2.24) is 5.16 Å². The van der Waals surface area contributed by atoms with Gasteiger partial charge in [-0.3, -0.25) is 0 Å². The zero-order valence-electron chi connectivity index (χ0n) is 9.35. The summed E-state index contributed by atoms with van der Waals surface area (Å²) in [6.07, 6.45) is 0.696. The summed E-state index contributed by atoms with van der Waals surface area (Å²) in [5.41, 5.74) is 2.22. The summed E-state index contributed by atoms with van der Waals surface area (Å²) in [7, 11) is 0. The van der Waals surface area contributed by atoms with E-state index in [9.17, 15) is 5.11 Å². The van der Waals surface area contributed by atoms with E-state index < -0.39 is 6.10 Å². The van der Waals surface area contributed by atoms with Gasteiger partial charge >= 0.3 is 0 Å². The smallest absolute Gasteiger partial charge is 0.173 e. The fraction of sp³-hybridized carbons (Fsp3) is 0.154. The normalized spacial score (nSPS) is 12.4. The highest BCUT2D eigenvalue weighted by Gasteiger charge is 2.19. The van der Waals surface area contributed by atoms with Gasteiger partial charge in [0.05, 0.1) is 11.3 Å². The first-order valence-electron chi connectivity index (χ1n) is 5.16. The summed E-state index contributed by atoms with van der Waals surface area (Å²) in [5.74, 6) is 0.586. The Morgan fingerprint density at radius 1 is 1.41 bits per heavy atom. The number of aryl methyl sites for hydroxylation is 1. The van der Waals surface area contributed by atoms with Crippen LogP contribution in [0.25, 0.3) is 11.3 Å². The minimum absolute atomic E-state index is 0.586. The number of hydrogen-bond donors (Lipinski definition) is 1. The summed E-state index contributed by atoms with van der Waals surface area (Å²) in [4.78, 5) is 0. The predicted molar refractivity (Wildman–Crippen MR) is 69.5 cm³/mol. The van der Waals surface area contributed by atoms with Crippen molar-refractivity contribution in [2.75, 3.05) is 0 Å². The van der Waals surface area contributed by atoms with Crippen molar-refractivity contribution in [3.8, 4) is 11.3 Å². The molecule has 1 aromatic carbocycles. The Labute approximate surface area is 108 Å². The summed E-state index contributed by atoms with van der Waals surface area (Å²) in [5, 5.41) is 13.8. The third kappa shape index (κ3) is 2.33. The van der Waals surface area contributed by atoms with Gasteiger partial charge in [0.2, 0.25) is 0 Å². The van der Waals surface area contributed by atoms with E-state index in [4.69, 9.17) is 4.52 Å². The quantitative estimate of drug-likeness (QED) is 0.879. The average molecular weight is 294 g/mol. The standard InChI is InChI=1S/C13H12BrNO2/c1-3-11(16)12-8(2)15-17-13(12)9-4-6-10(14)7-5-9/h3-7,11,16H,1H2,2H3. The molecule has 1 aromatic heterocycles. The summed E-state index contributed by atoms with van der Waals surface area (Å²) >= 11 is 3.37. The summed E-state index contributed by atoms with van der Waals surface area (Å²) in [6.45, 7) is 5.38.